The number of sulfonamides is 1. The van der Waals surface area contributed by atoms with Crippen LogP contribution >= 0.6 is 15.9 Å². The predicted molar refractivity (Wildman–Crippen MR) is 73.4 cm³/mol. The highest BCUT2D eigenvalue weighted by atomic mass is 79.9. The summed E-state index contributed by atoms with van der Waals surface area (Å²) in [7, 11) is -2.26. The third-order valence-corrected chi connectivity index (χ3v) is 5.27. The largest absolute Gasteiger partial charge is 0.361 e. The molecule has 0 saturated carbocycles. The Morgan fingerprint density at radius 2 is 2.05 bits per heavy atom. The van der Waals surface area contributed by atoms with E-state index in [4.69, 9.17) is 4.52 Å². The maximum Gasteiger partial charge on any atom is 0.261 e. The second-order valence-electron chi connectivity index (χ2n) is 4.39. The molecule has 0 saturated heterocycles. The van der Waals surface area contributed by atoms with Gasteiger partial charge in [-0.25, -0.2) is 17.8 Å². The monoisotopic (exact) mass is 363 g/mol. The van der Waals surface area contributed by atoms with Crippen LogP contribution in [0, 0.1) is 13.8 Å². The smallest absolute Gasteiger partial charge is 0.261 e. The first kappa shape index (κ1) is 15.1. The van der Waals surface area contributed by atoms with E-state index in [1.807, 2.05) is 0 Å². The summed E-state index contributed by atoms with van der Waals surface area (Å²) in [4.78, 5) is 0. The third-order valence-electron chi connectivity index (χ3n) is 2.85. The van der Waals surface area contributed by atoms with Crippen LogP contribution in [0.1, 0.15) is 30.0 Å². The number of aryl methyl sites for hydroxylation is 3. The van der Waals surface area contributed by atoms with Crippen LogP contribution in [0.3, 0.4) is 0 Å². The maximum absolute atomic E-state index is 12.4. The van der Waals surface area contributed by atoms with Gasteiger partial charge in [0.15, 0.2) is 4.60 Å². The van der Waals surface area contributed by atoms with E-state index < -0.39 is 16.1 Å². The molecule has 2 aromatic heterocycles. The molecule has 0 amide bonds. The molecular weight excluding hydrogens is 350 g/mol. The standard InChI is InChI=1S/C10H14BrN5O3S/c1-5-8(7(3)19-13-5)6(2)14-20(17,18)10-9(11)12-15-16(10)4/h6,14H,1-4H3. The van der Waals surface area contributed by atoms with Crippen LogP contribution in [0.5, 0.6) is 0 Å². The molecule has 10 heteroatoms. The van der Waals surface area contributed by atoms with Gasteiger partial charge >= 0.3 is 0 Å². The average molecular weight is 364 g/mol. The number of hydrogen-bond acceptors (Lipinski definition) is 6. The van der Waals surface area contributed by atoms with Crippen LogP contribution in [0.2, 0.25) is 0 Å². The number of halogens is 1. The first-order valence-electron chi connectivity index (χ1n) is 5.74. The fourth-order valence-electron chi connectivity index (χ4n) is 2.06. The third kappa shape index (κ3) is 2.63. The molecule has 2 heterocycles. The van der Waals surface area contributed by atoms with Crippen molar-refractivity contribution in [1.29, 1.82) is 0 Å². The maximum atomic E-state index is 12.4. The summed E-state index contributed by atoms with van der Waals surface area (Å²) in [5.74, 6) is 0.583. The summed E-state index contributed by atoms with van der Waals surface area (Å²) < 4.78 is 33.7. The van der Waals surface area contributed by atoms with Crippen molar-refractivity contribution in [3.05, 3.63) is 21.6 Å². The Morgan fingerprint density at radius 1 is 1.40 bits per heavy atom. The molecule has 1 atom stereocenters. The Hall–Kier alpha value is -1.26. The van der Waals surface area contributed by atoms with Gasteiger partial charge in [-0.05, 0) is 36.7 Å². The van der Waals surface area contributed by atoms with Crippen LogP contribution in [0.4, 0.5) is 0 Å². The van der Waals surface area contributed by atoms with E-state index in [0.717, 1.165) is 5.56 Å². The van der Waals surface area contributed by atoms with Crippen molar-refractivity contribution in [2.45, 2.75) is 31.8 Å². The lowest BCUT2D eigenvalue weighted by Gasteiger charge is -2.14. The molecule has 20 heavy (non-hydrogen) atoms. The molecule has 0 bridgehead atoms. The molecule has 2 rings (SSSR count). The zero-order valence-corrected chi connectivity index (χ0v) is 13.8. The van der Waals surface area contributed by atoms with Gasteiger partial charge in [-0.1, -0.05) is 10.4 Å². The van der Waals surface area contributed by atoms with Crippen molar-refractivity contribution >= 4 is 26.0 Å². The molecular formula is C10H14BrN5O3S. The second-order valence-corrected chi connectivity index (χ2v) is 6.77. The molecule has 0 spiro atoms. The van der Waals surface area contributed by atoms with Gasteiger partial charge in [0.1, 0.15) is 5.76 Å². The van der Waals surface area contributed by atoms with Gasteiger partial charge in [-0.15, -0.1) is 5.10 Å². The summed E-state index contributed by atoms with van der Waals surface area (Å²) >= 11 is 3.08. The molecule has 110 valence electrons. The number of rotatable bonds is 4. The summed E-state index contributed by atoms with van der Waals surface area (Å²) in [5, 5.41) is 11.1. The van der Waals surface area contributed by atoms with Crippen molar-refractivity contribution in [3.8, 4) is 0 Å². The average Bonchev–Trinajstić information content (AvgIpc) is 2.82. The van der Waals surface area contributed by atoms with Gasteiger partial charge in [-0.3, -0.25) is 0 Å². The first-order chi connectivity index (χ1) is 9.24. The first-order valence-corrected chi connectivity index (χ1v) is 8.02. The van der Waals surface area contributed by atoms with Crippen molar-refractivity contribution < 1.29 is 12.9 Å². The summed E-state index contributed by atoms with van der Waals surface area (Å²) in [5.41, 5.74) is 1.37. The van der Waals surface area contributed by atoms with Gasteiger partial charge in [0, 0.05) is 18.7 Å². The Labute approximate surface area is 124 Å². The Morgan fingerprint density at radius 3 is 2.50 bits per heavy atom. The predicted octanol–water partition coefficient (Wildman–Crippen LogP) is 1.22. The van der Waals surface area contributed by atoms with Crippen molar-refractivity contribution in [2.24, 2.45) is 7.05 Å². The van der Waals surface area contributed by atoms with E-state index in [2.05, 4.69) is 36.1 Å². The molecule has 0 aliphatic rings. The molecule has 2 aromatic rings. The lowest BCUT2D eigenvalue weighted by molar-refractivity contribution is 0.391. The molecule has 0 fully saturated rings. The minimum absolute atomic E-state index is 0.0314. The zero-order chi connectivity index (χ0) is 15.1. The zero-order valence-electron chi connectivity index (χ0n) is 11.4. The van der Waals surface area contributed by atoms with E-state index >= 15 is 0 Å². The van der Waals surface area contributed by atoms with Gasteiger partial charge in [0.05, 0.1) is 5.69 Å². The van der Waals surface area contributed by atoms with Crippen molar-refractivity contribution in [3.63, 3.8) is 0 Å². The Kier molecular flexibility index (Phi) is 3.98. The molecule has 0 radical (unpaired) electrons. The fraction of sp³-hybridized carbons (Fsp3) is 0.500. The molecule has 0 aliphatic carbocycles. The van der Waals surface area contributed by atoms with Crippen LogP contribution < -0.4 is 4.72 Å². The summed E-state index contributed by atoms with van der Waals surface area (Å²) in [6, 6.07) is -0.479. The van der Waals surface area contributed by atoms with E-state index in [1.165, 1.54) is 11.7 Å². The highest BCUT2D eigenvalue weighted by Crippen LogP contribution is 2.24. The van der Waals surface area contributed by atoms with Crippen LogP contribution in [0.15, 0.2) is 14.2 Å². The molecule has 0 aromatic carbocycles. The number of hydrogen-bond donors (Lipinski definition) is 1. The normalized spacial score (nSPS) is 13.7. The van der Waals surface area contributed by atoms with E-state index in [9.17, 15) is 8.42 Å². The molecule has 1 N–H and O–H groups in total. The lowest BCUT2D eigenvalue weighted by Crippen LogP contribution is -2.29. The molecule has 0 aliphatic heterocycles. The van der Waals surface area contributed by atoms with Gasteiger partial charge in [0.2, 0.25) is 5.03 Å². The molecule has 8 nitrogen and oxygen atoms in total. The van der Waals surface area contributed by atoms with E-state index in [1.54, 1.807) is 20.8 Å². The second kappa shape index (κ2) is 5.26. The van der Waals surface area contributed by atoms with Crippen molar-refractivity contribution in [1.82, 2.24) is 24.9 Å². The lowest BCUT2D eigenvalue weighted by atomic mass is 10.1. The van der Waals surface area contributed by atoms with Crippen LogP contribution in [0.25, 0.3) is 0 Å². The van der Waals surface area contributed by atoms with Crippen LogP contribution in [-0.2, 0) is 17.1 Å². The van der Waals surface area contributed by atoms with Gasteiger partial charge in [0.25, 0.3) is 10.0 Å². The number of aromatic nitrogens is 4. The minimum atomic E-state index is -3.77. The van der Waals surface area contributed by atoms with E-state index in [0.29, 0.717) is 11.5 Å². The Balaban J connectivity index is 2.34. The number of nitrogens with one attached hydrogen (secondary N) is 1. The summed E-state index contributed by atoms with van der Waals surface area (Å²) in [6.07, 6.45) is 0. The van der Waals surface area contributed by atoms with Crippen molar-refractivity contribution in [2.75, 3.05) is 0 Å². The minimum Gasteiger partial charge on any atom is -0.361 e. The van der Waals surface area contributed by atoms with Gasteiger partial charge in [-0.2, -0.15) is 0 Å². The van der Waals surface area contributed by atoms with E-state index in [-0.39, 0.29) is 9.63 Å². The highest BCUT2D eigenvalue weighted by Gasteiger charge is 2.28. The fourth-order valence-corrected chi connectivity index (χ4v) is 4.37. The molecule has 1 unspecified atom stereocenters. The topological polar surface area (TPSA) is 103 Å². The SMILES string of the molecule is Cc1noc(C)c1C(C)NS(=O)(=O)c1c(Br)nnn1C. The van der Waals surface area contributed by atoms with Crippen LogP contribution in [-0.4, -0.2) is 28.6 Å². The summed E-state index contributed by atoms with van der Waals surface area (Å²) in [6.45, 7) is 5.22. The highest BCUT2D eigenvalue weighted by molar-refractivity contribution is 9.10. The van der Waals surface area contributed by atoms with Gasteiger partial charge < -0.3 is 4.52 Å². The quantitative estimate of drug-likeness (QED) is 0.875. The Bertz CT molecular complexity index is 697. The number of nitrogens with zero attached hydrogens (tertiary/aromatic N) is 4.